The summed E-state index contributed by atoms with van der Waals surface area (Å²) in [6.45, 7) is 2.51. The molecule has 0 amide bonds. The van der Waals surface area contributed by atoms with Gasteiger partial charge >= 0.3 is 5.97 Å². The number of pyridine rings is 1. The van der Waals surface area contributed by atoms with Crippen LogP contribution >= 0.6 is 0 Å². The molecule has 0 bridgehead atoms. The number of nitrogens with zero attached hydrogens (tertiary/aromatic N) is 2. The molecule has 31 heavy (non-hydrogen) atoms. The van der Waals surface area contributed by atoms with Crippen LogP contribution in [0.1, 0.15) is 24.1 Å². The molecule has 160 valence electrons. The Morgan fingerprint density at radius 1 is 1.06 bits per heavy atom. The molecule has 1 saturated carbocycles. The second-order valence-electron chi connectivity index (χ2n) is 8.06. The van der Waals surface area contributed by atoms with Crippen LogP contribution in [0, 0.1) is 12.8 Å². The third-order valence-corrected chi connectivity index (χ3v) is 6.05. The van der Waals surface area contributed by atoms with Crippen LogP contribution in [0.4, 0.5) is 5.69 Å². The van der Waals surface area contributed by atoms with Crippen molar-refractivity contribution in [1.29, 1.82) is 0 Å². The summed E-state index contributed by atoms with van der Waals surface area (Å²) < 4.78 is 10.7. The number of benzene rings is 2. The molecular weight excluding hydrogens is 388 g/mol. The summed E-state index contributed by atoms with van der Waals surface area (Å²) in [6, 6.07) is 22.9. The summed E-state index contributed by atoms with van der Waals surface area (Å²) >= 11 is 0. The maximum atomic E-state index is 11.7. The minimum absolute atomic E-state index is 0.0236. The van der Waals surface area contributed by atoms with E-state index >= 15 is 0 Å². The molecule has 1 aromatic heterocycles. The second-order valence-corrected chi connectivity index (χ2v) is 8.06. The molecule has 1 fully saturated rings. The molecule has 2 aromatic carbocycles. The normalized spacial score (nSPS) is 17.5. The minimum Gasteiger partial charge on any atom is -0.473 e. The number of aromatic nitrogens is 1. The van der Waals surface area contributed by atoms with E-state index in [1.165, 1.54) is 7.11 Å². The third-order valence-electron chi connectivity index (χ3n) is 6.05. The Bertz CT molecular complexity index is 1050. The zero-order valence-corrected chi connectivity index (χ0v) is 18.2. The molecule has 3 aromatic rings. The quantitative estimate of drug-likeness (QED) is 0.506. The van der Waals surface area contributed by atoms with Gasteiger partial charge in [0.1, 0.15) is 6.61 Å². The van der Waals surface area contributed by atoms with Gasteiger partial charge in [-0.15, -0.1) is 0 Å². The Balaban J connectivity index is 1.44. The van der Waals surface area contributed by atoms with Crippen LogP contribution < -0.4 is 9.64 Å². The standard InChI is InChI=1S/C26H28N2O3/c1-18-24(12-13-25(27-18)31-17-19-8-5-4-6-9-19)20-10-7-11-22(14-20)28(2)23-15-21(16-23)26(29)30-3/h4-14,21,23H,15-17H2,1-3H3/t21-,23-. The van der Waals surface area contributed by atoms with E-state index in [1.807, 2.05) is 43.3 Å². The van der Waals surface area contributed by atoms with E-state index in [9.17, 15) is 4.79 Å². The Hall–Kier alpha value is -3.34. The van der Waals surface area contributed by atoms with Gasteiger partial charge in [-0.3, -0.25) is 4.79 Å². The van der Waals surface area contributed by atoms with Crippen molar-refractivity contribution in [2.24, 2.45) is 5.92 Å². The first kappa shape index (κ1) is 20.9. The van der Waals surface area contributed by atoms with Gasteiger partial charge in [0.25, 0.3) is 0 Å². The second kappa shape index (κ2) is 9.21. The van der Waals surface area contributed by atoms with E-state index in [0.29, 0.717) is 18.5 Å². The summed E-state index contributed by atoms with van der Waals surface area (Å²) in [5.41, 5.74) is 5.39. The van der Waals surface area contributed by atoms with E-state index in [-0.39, 0.29) is 11.9 Å². The molecule has 0 atom stereocenters. The number of esters is 1. The molecule has 0 spiro atoms. The zero-order chi connectivity index (χ0) is 21.8. The molecule has 1 heterocycles. The topological polar surface area (TPSA) is 51.7 Å². The van der Waals surface area contributed by atoms with Crippen LogP contribution in [0.3, 0.4) is 0 Å². The van der Waals surface area contributed by atoms with E-state index in [1.54, 1.807) is 0 Å². The van der Waals surface area contributed by atoms with Crippen molar-refractivity contribution in [3.8, 4) is 17.0 Å². The monoisotopic (exact) mass is 416 g/mol. The van der Waals surface area contributed by atoms with E-state index in [0.717, 1.165) is 40.9 Å². The van der Waals surface area contributed by atoms with Crippen LogP contribution in [0.5, 0.6) is 5.88 Å². The van der Waals surface area contributed by atoms with Crippen LogP contribution in [-0.4, -0.2) is 31.2 Å². The van der Waals surface area contributed by atoms with Gasteiger partial charge in [-0.1, -0.05) is 42.5 Å². The first-order valence-corrected chi connectivity index (χ1v) is 10.6. The lowest BCUT2D eigenvalue weighted by molar-refractivity contribution is -0.148. The van der Waals surface area contributed by atoms with Gasteiger partial charge in [0.15, 0.2) is 0 Å². The van der Waals surface area contributed by atoms with Gasteiger partial charge in [-0.2, -0.15) is 0 Å². The average Bonchev–Trinajstić information content (AvgIpc) is 2.77. The number of carbonyl (C=O) groups excluding carboxylic acids is 1. The fourth-order valence-corrected chi connectivity index (χ4v) is 4.02. The Morgan fingerprint density at radius 3 is 2.55 bits per heavy atom. The number of hydrogen-bond donors (Lipinski definition) is 0. The van der Waals surface area contributed by atoms with Gasteiger partial charge in [-0.25, -0.2) is 4.98 Å². The molecule has 0 aliphatic heterocycles. The first-order valence-electron chi connectivity index (χ1n) is 10.6. The fourth-order valence-electron chi connectivity index (χ4n) is 4.02. The van der Waals surface area contributed by atoms with E-state index < -0.39 is 0 Å². The summed E-state index contributed by atoms with van der Waals surface area (Å²) in [7, 11) is 3.54. The highest BCUT2D eigenvalue weighted by atomic mass is 16.5. The van der Waals surface area contributed by atoms with Gasteiger partial charge in [0.05, 0.1) is 13.0 Å². The van der Waals surface area contributed by atoms with Crippen molar-refractivity contribution in [3.63, 3.8) is 0 Å². The fraction of sp³-hybridized carbons (Fsp3) is 0.308. The number of aryl methyl sites for hydroxylation is 1. The lowest BCUT2D eigenvalue weighted by atomic mass is 9.79. The highest BCUT2D eigenvalue weighted by Crippen LogP contribution is 2.36. The van der Waals surface area contributed by atoms with Crippen LogP contribution in [0.25, 0.3) is 11.1 Å². The maximum absolute atomic E-state index is 11.7. The third kappa shape index (κ3) is 4.71. The molecule has 0 unspecified atom stereocenters. The SMILES string of the molecule is COC(=O)[C@H]1C[C@H](N(C)c2cccc(-c3ccc(OCc4ccccc4)nc3C)c2)C1. The van der Waals surface area contributed by atoms with Gasteiger partial charge < -0.3 is 14.4 Å². The Morgan fingerprint density at radius 2 is 1.84 bits per heavy atom. The average molecular weight is 417 g/mol. The van der Waals surface area contributed by atoms with Crippen molar-refractivity contribution in [2.45, 2.75) is 32.4 Å². The van der Waals surface area contributed by atoms with Crippen molar-refractivity contribution >= 4 is 11.7 Å². The smallest absolute Gasteiger partial charge is 0.308 e. The zero-order valence-electron chi connectivity index (χ0n) is 18.2. The van der Waals surface area contributed by atoms with Gasteiger partial charge in [0.2, 0.25) is 5.88 Å². The molecule has 5 nitrogen and oxygen atoms in total. The number of hydrogen-bond acceptors (Lipinski definition) is 5. The minimum atomic E-state index is -0.102. The van der Waals surface area contributed by atoms with Crippen molar-refractivity contribution in [3.05, 3.63) is 78.0 Å². The van der Waals surface area contributed by atoms with Gasteiger partial charge in [0, 0.05) is 36.1 Å². The molecule has 4 rings (SSSR count). The van der Waals surface area contributed by atoms with Crippen LogP contribution in [0.2, 0.25) is 0 Å². The maximum Gasteiger partial charge on any atom is 0.308 e. The number of ether oxygens (including phenoxy) is 2. The van der Waals surface area contributed by atoms with Gasteiger partial charge in [-0.05, 0) is 49.1 Å². The molecule has 0 radical (unpaired) electrons. The summed E-state index contributed by atoms with van der Waals surface area (Å²) in [5.74, 6) is 0.548. The van der Waals surface area contributed by atoms with E-state index in [4.69, 9.17) is 9.47 Å². The Kier molecular flexibility index (Phi) is 6.21. The summed E-state index contributed by atoms with van der Waals surface area (Å²) in [5, 5.41) is 0. The van der Waals surface area contributed by atoms with Crippen molar-refractivity contribution < 1.29 is 14.3 Å². The highest BCUT2D eigenvalue weighted by Gasteiger charge is 2.37. The lowest BCUT2D eigenvalue weighted by Crippen LogP contribution is -2.45. The molecule has 1 aliphatic carbocycles. The van der Waals surface area contributed by atoms with E-state index in [2.05, 4.69) is 47.3 Å². The van der Waals surface area contributed by atoms with Crippen LogP contribution in [0.15, 0.2) is 66.7 Å². The number of anilines is 1. The lowest BCUT2D eigenvalue weighted by Gasteiger charge is -2.41. The Labute approximate surface area is 183 Å². The number of rotatable bonds is 7. The first-order chi connectivity index (χ1) is 15.0. The molecular formula is C26H28N2O3. The van der Waals surface area contributed by atoms with Crippen molar-refractivity contribution in [1.82, 2.24) is 4.98 Å². The summed E-state index contributed by atoms with van der Waals surface area (Å²) in [6.07, 6.45) is 1.67. The molecule has 5 heteroatoms. The largest absolute Gasteiger partial charge is 0.473 e. The molecule has 0 saturated heterocycles. The van der Waals surface area contributed by atoms with Crippen molar-refractivity contribution in [2.75, 3.05) is 19.1 Å². The predicted molar refractivity (Wildman–Crippen MR) is 122 cm³/mol. The number of carbonyl (C=O) groups is 1. The molecule has 1 aliphatic rings. The predicted octanol–water partition coefficient (Wildman–Crippen LogP) is 5.02. The summed E-state index contributed by atoms with van der Waals surface area (Å²) in [4.78, 5) is 18.6. The number of methoxy groups -OCH3 is 1. The molecule has 0 N–H and O–H groups in total. The highest BCUT2D eigenvalue weighted by molar-refractivity contribution is 5.74. The van der Waals surface area contributed by atoms with Crippen LogP contribution in [-0.2, 0) is 16.1 Å².